The van der Waals surface area contributed by atoms with Crippen molar-refractivity contribution in [3.8, 4) is 0 Å². The Kier molecular flexibility index (Phi) is 4.48. The third kappa shape index (κ3) is 3.23. The lowest BCUT2D eigenvalue weighted by Gasteiger charge is -2.12. The van der Waals surface area contributed by atoms with Gasteiger partial charge in [0.1, 0.15) is 18.0 Å². The van der Waals surface area contributed by atoms with Gasteiger partial charge in [-0.15, -0.1) is 0 Å². The Morgan fingerprint density at radius 2 is 2.17 bits per heavy atom. The van der Waals surface area contributed by atoms with Crippen LogP contribution in [0.3, 0.4) is 0 Å². The number of rotatable bonds is 5. The van der Waals surface area contributed by atoms with E-state index in [9.17, 15) is 4.79 Å². The quantitative estimate of drug-likeness (QED) is 0.745. The molecule has 0 aliphatic carbocycles. The van der Waals surface area contributed by atoms with Gasteiger partial charge < -0.3 is 19.0 Å². The molecule has 24 heavy (non-hydrogen) atoms. The molecule has 0 aliphatic heterocycles. The maximum absolute atomic E-state index is 12.1. The minimum Gasteiger partial charge on any atom is -0.459 e. The van der Waals surface area contributed by atoms with Crippen LogP contribution in [0.2, 0.25) is 0 Å². The van der Waals surface area contributed by atoms with E-state index < -0.39 is 6.03 Å². The predicted octanol–water partition coefficient (Wildman–Crippen LogP) is 3.15. The molecular weight excluding hydrogens is 312 g/mol. The summed E-state index contributed by atoms with van der Waals surface area (Å²) in [6.07, 6.45) is 0. The van der Waals surface area contributed by atoms with E-state index in [4.69, 9.17) is 13.7 Å². The molecule has 126 valence electrons. The first-order valence-electron chi connectivity index (χ1n) is 7.45. The Bertz CT molecular complexity index is 855. The molecule has 1 atom stereocenters. The number of hydrogen-bond donors (Lipinski definition) is 2. The van der Waals surface area contributed by atoms with Gasteiger partial charge in [-0.05, 0) is 19.9 Å². The van der Waals surface area contributed by atoms with Crippen molar-refractivity contribution >= 4 is 23.0 Å². The number of hydrogen-bond acceptors (Lipinski definition) is 6. The van der Waals surface area contributed by atoms with E-state index in [1.54, 1.807) is 0 Å². The van der Waals surface area contributed by atoms with E-state index in [-0.39, 0.29) is 18.7 Å². The molecule has 2 aromatic heterocycles. The Morgan fingerprint density at radius 3 is 2.92 bits per heavy atom. The molecule has 0 saturated carbocycles. The zero-order valence-electron chi connectivity index (χ0n) is 13.6. The van der Waals surface area contributed by atoms with Crippen LogP contribution in [-0.4, -0.2) is 23.3 Å². The lowest BCUT2D eigenvalue weighted by molar-refractivity contribution is 0.174. The van der Waals surface area contributed by atoms with Crippen LogP contribution in [0.5, 0.6) is 0 Å². The summed E-state index contributed by atoms with van der Waals surface area (Å²) >= 11 is 0. The monoisotopic (exact) mass is 330 g/mol. The summed E-state index contributed by atoms with van der Waals surface area (Å²) < 4.78 is 15.6. The summed E-state index contributed by atoms with van der Waals surface area (Å²) in [7, 11) is 1.52. The van der Waals surface area contributed by atoms with E-state index >= 15 is 0 Å². The number of furan rings is 1. The molecule has 0 aliphatic rings. The molecule has 3 rings (SSSR count). The number of methoxy groups -OCH3 is 1. The fourth-order valence-corrected chi connectivity index (χ4v) is 2.49. The van der Waals surface area contributed by atoms with Crippen LogP contribution in [0.4, 0.5) is 10.8 Å². The normalized spacial score (nSPS) is 12.3. The minimum atomic E-state index is -0.463. The van der Waals surface area contributed by atoms with Crippen molar-refractivity contribution in [3.63, 3.8) is 0 Å². The van der Waals surface area contributed by atoms with E-state index in [2.05, 4.69) is 20.8 Å². The molecule has 8 nitrogen and oxygen atoms in total. The maximum atomic E-state index is 12.1. The third-order valence-electron chi connectivity index (χ3n) is 3.58. The van der Waals surface area contributed by atoms with E-state index in [1.165, 1.54) is 7.11 Å². The zero-order chi connectivity index (χ0) is 17.1. The van der Waals surface area contributed by atoms with Crippen LogP contribution in [-0.2, 0) is 11.3 Å². The molecule has 0 fully saturated rings. The van der Waals surface area contributed by atoms with Gasteiger partial charge in [0.25, 0.3) is 0 Å². The van der Waals surface area contributed by atoms with Crippen molar-refractivity contribution in [2.45, 2.75) is 26.5 Å². The second-order valence-corrected chi connectivity index (χ2v) is 5.36. The van der Waals surface area contributed by atoms with Gasteiger partial charge >= 0.3 is 12.0 Å². The van der Waals surface area contributed by atoms with Crippen molar-refractivity contribution in [2.24, 2.45) is 0 Å². The molecule has 8 heteroatoms. The number of aromatic nitrogens is 2. The Labute approximate surface area is 138 Å². The predicted molar refractivity (Wildman–Crippen MR) is 86.5 cm³/mol. The number of nitrogens with one attached hydrogen (secondary N) is 2. The number of para-hydroxylation sites is 1. The molecule has 0 saturated heterocycles. The number of amides is 2. The Morgan fingerprint density at radius 1 is 1.38 bits per heavy atom. The summed E-state index contributed by atoms with van der Waals surface area (Å²) in [5.74, 6) is 1.06. The van der Waals surface area contributed by atoms with Gasteiger partial charge in [-0.3, -0.25) is 5.32 Å². The summed E-state index contributed by atoms with van der Waals surface area (Å²) in [5, 5.41) is 9.97. The Balaban J connectivity index is 1.67. The van der Waals surface area contributed by atoms with Crippen molar-refractivity contribution in [2.75, 3.05) is 12.4 Å². The molecule has 0 unspecified atom stereocenters. The fraction of sp³-hybridized carbons (Fsp3) is 0.312. The number of urea groups is 1. The van der Waals surface area contributed by atoms with Crippen molar-refractivity contribution in [3.05, 3.63) is 41.4 Å². The molecule has 2 amide bonds. The first-order chi connectivity index (χ1) is 11.6. The average molecular weight is 330 g/mol. The second-order valence-electron chi connectivity index (χ2n) is 5.36. The summed E-state index contributed by atoms with van der Waals surface area (Å²) in [4.78, 5) is 16.0. The third-order valence-corrected chi connectivity index (χ3v) is 3.58. The molecule has 3 aromatic rings. The van der Waals surface area contributed by atoms with Crippen LogP contribution < -0.4 is 10.6 Å². The number of benzene rings is 1. The summed E-state index contributed by atoms with van der Waals surface area (Å²) in [6, 6.07) is 6.97. The maximum Gasteiger partial charge on any atom is 0.329 e. The summed E-state index contributed by atoms with van der Waals surface area (Å²) in [5.41, 5.74) is 1.79. The highest BCUT2D eigenvalue weighted by Gasteiger charge is 2.19. The fourth-order valence-electron chi connectivity index (χ4n) is 2.49. The van der Waals surface area contributed by atoms with E-state index in [0.717, 1.165) is 16.5 Å². The second kappa shape index (κ2) is 6.71. The van der Waals surface area contributed by atoms with Crippen molar-refractivity contribution in [1.82, 2.24) is 15.5 Å². The van der Waals surface area contributed by atoms with Crippen molar-refractivity contribution in [1.29, 1.82) is 0 Å². The number of carbonyl (C=O) groups is 1. The topological polar surface area (TPSA) is 102 Å². The lowest BCUT2D eigenvalue weighted by atomic mass is 10.1. The van der Waals surface area contributed by atoms with Crippen molar-refractivity contribution < 1.29 is 18.5 Å². The lowest BCUT2D eigenvalue weighted by Crippen LogP contribution is -2.31. The molecule has 2 heterocycles. The largest absolute Gasteiger partial charge is 0.459 e. The average Bonchev–Trinajstić information content (AvgIpc) is 3.13. The first-order valence-corrected chi connectivity index (χ1v) is 7.45. The first kappa shape index (κ1) is 16.0. The number of anilines is 1. The standard InChI is InChI=1S/C16H18N4O4/c1-9-11-6-4-5-7-12(11)23-14(9)10(2)17-15(21)19-16-18-13(8-22-3)20-24-16/h4-7,10H,8H2,1-3H3,(H2,17,18,19,20,21)/t10-/m1/s1. The van der Waals surface area contributed by atoms with Gasteiger partial charge in [-0.2, -0.15) is 4.98 Å². The number of carbonyl (C=O) groups excluding carboxylic acids is 1. The van der Waals surface area contributed by atoms with E-state index in [1.807, 2.05) is 38.1 Å². The van der Waals surface area contributed by atoms with Gasteiger partial charge in [0.2, 0.25) is 0 Å². The van der Waals surface area contributed by atoms with Gasteiger partial charge in [-0.25, -0.2) is 4.79 Å². The SMILES string of the molecule is COCc1noc(NC(=O)N[C@H](C)c2oc3ccccc3c2C)n1. The number of aryl methyl sites for hydroxylation is 1. The van der Waals surface area contributed by atoms with Gasteiger partial charge in [0.15, 0.2) is 5.82 Å². The van der Waals surface area contributed by atoms with Crippen LogP contribution in [0.1, 0.15) is 30.1 Å². The number of fused-ring (bicyclic) bond motifs is 1. The highest BCUT2D eigenvalue weighted by atomic mass is 16.5. The smallest absolute Gasteiger partial charge is 0.329 e. The van der Waals surface area contributed by atoms with Crippen LogP contribution in [0, 0.1) is 6.92 Å². The molecule has 0 radical (unpaired) electrons. The number of ether oxygens (including phenoxy) is 1. The van der Waals surface area contributed by atoms with E-state index in [0.29, 0.717) is 11.6 Å². The zero-order valence-corrected chi connectivity index (χ0v) is 13.6. The van der Waals surface area contributed by atoms with Crippen LogP contribution in [0.25, 0.3) is 11.0 Å². The minimum absolute atomic E-state index is 0.00748. The molecule has 0 bridgehead atoms. The summed E-state index contributed by atoms with van der Waals surface area (Å²) in [6.45, 7) is 4.02. The molecule has 1 aromatic carbocycles. The van der Waals surface area contributed by atoms with Gasteiger partial charge in [0, 0.05) is 18.1 Å². The molecule has 2 N–H and O–H groups in total. The molecule has 0 spiro atoms. The highest BCUT2D eigenvalue weighted by Crippen LogP contribution is 2.29. The number of nitrogens with zero attached hydrogens (tertiary/aromatic N) is 2. The molecular formula is C16H18N4O4. The van der Waals surface area contributed by atoms with Crippen LogP contribution >= 0.6 is 0 Å². The van der Waals surface area contributed by atoms with Gasteiger partial charge in [-0.1, -0.05) is 23.4 Å². The highest BCUT2D eigenvalue weighted by molar-refractivity contribution is 5.87. The van der Waals surface area contributed by atoms with Crippen LogP contribution in [0.15, 0.2) is 33.2 Å². The van der Waals surface area contributed by atoms with Gasteiger partial charge in [0.05, 0.1) is 6.04 Å². The Hall–Kier alpha value is -2.87.